The number of benzene rings is 1. The van der Waals surface area contributed by atoms with Crippen LogP contribution in [0.5, 0.6) is 0 Å². The Morgan fingerprint density at radius 3 is 2.41 bits per heavy atom. The maximum Gasteiger partial charge on any atom is 0.251 e. The highest BCUT2D eigenvalue weighted by atomic mass is 32.1. The molecule has 8 N–H and O–H groups in total. The van der Waals surface area contributed by atoms with Crippen molar-refractivity contribution >= 4 is 68.5 Å². The summed E-state index contributed by atoms with van der Waals surface area (Å²) >= 11 is 1.07. The zero-order valence-electron chi connectivity index (χ0n) is 32.2. The third-order valence-electron chi connectivity index (χ3n) is 9.30. The van der Waals surface area contributed by atoms with Gasteiger partial charge < -0.3 is 32.7 Å². The number of guanidine groups is 1. The summed E-state index contributed by atoms with van der Waals surface area (Å²) < 4.78 is 0.566. The van der Waals surface area contributed by atoms with E-state index >= 15 is 0 Å². The first-order valence-corrected chi connectivity index (χ1v) is 19.5. The van der Waals surface area contributed by atoms with Gasteiger partial charge >= 0.3 is 0 Å². The average Bonchev–Trinajstić information content (AvgIpc) is 3.53. The van der Waals surface area contributed by atoms with Crippen molar-refractivity contribution in [2.24, 2.45) is 40.1 Å². The number of hydrogen-bond donors (Lipinski definition) is 6. The number of ketones is 3. The van der Waals surface area contributed by atoms with Gasteiger partial charge in [-0.1, -0.05) is 41.0 Å². The van der Waals surface area contributed by atoms with Crippen LogP contribution in [0.3, 0.4) is 0 Å². The second-order valence-electron chi connectivity index (χ2n) is 14.9. The molecular formula is C38H56N8O7S. The molecule has 1 aliphatic rings. The van der Waals surface area contributed by atoms with Gasteiger partial charge in [-0.25, -0.2) is 4.98 Å². The molecule has 4 amide bonds. The minimum atomic E-state index is -1.04. The second kappa shape index (κ2) is 20.7. The lowest BCUT2D eigenvalue weighted by atomic mass is 9.89. The van der Waals surface area contributed by atoms with Crippen LogP contribution in [0.25, 0.3) is 10.2 Å². The van der Waals surface area contributed by atoms with Crippen molar-refractivity contribution in [3.05, 3.63) is 28.8 Å². The van der Waals surface area contributed by atoms with Crippen molar-refractivity contribution in [1.82, 2.24) is 26.3 Å². The first-order valence-electron chi connectivity index (χ1n) is 18.7. The van der Waals surface area contributed by atoms with Crippen molar-refractivity contribution in [2.45, 2.75) is 111 Å². The largest absolute Gasteiger partial charge is 0.370 e. The third-order valence-corrected chi connectivity index (χ3v) is 10.3. The highest BCUT2D eigenvalue weighted by Crippen LogP contribution is 2.26. The first kappa shape index (κ1) is 43.7. The Labute approximate surface area is 320 Å². The lowest BCUT2D eigenvalue weighted by molar-refractivity contribution is -0.134. The summed E-state index contributed by atoms with van der Waals surface area (Å²) in [6, 6.07) is 2.28. The predicted octanol–water partition coefficient (Wildman–Crippen LogP) is 2.79. The van der Waals surface area contributed by atoms with Gasteiger partial charge in [0.15, 0.2) is 22.5 Å². The van der Waals surface area contributed by atoms with Crippen molar-refractivity contribution in [3.8, 4) is 0 Å². The quantitative estimate of drug-likeness (QED) is 0.0710. The molecule has 1 aromatic carbocycles. The number of thiazole rings is 1. The van der Waals surface area contributed by atoms with Crippen LogP contribution in [0, 0.1) is 23.7 Å². The molecule has 1 saturated heterocycles. The van der Waals surface area contributed by atoms with Crippen molar-refractivity contribution in [1.29, 1.82) is 0 Å². The standard InChI is InChI=1S/C38H56N8O7S/c1-20(2)16-28-29(48)18-24(10-7-8-14-41-31(49)17-22(5)34(51)44-28)35(52)43-27(11-9-15-42-38(39)40)33(50)37-45-26-13-12-25(19-30(26)54-37)36(53)46-32(21(3)4)23(6)47/h12-13,19-22,24,27-28,32H,7-11,14-18H2,1-6H3,(H,41,49)(H,43,52)(H,44,51)(H,46,53)(H4,39,40,42)/t22-,24+,27-,28-,32-/m0/s1. The van der Waals surface area contributed by atoms with E-state index in [4.69, 9.17) is 11.5 Å². The number of hydrogen-bond acceptors (Lipinski definition) is 10. The molecule has 16 heteroatoms. The van der Waals surface area contributed by atoms with E-state index in [1.54, 1.807) is 25.1 Å². The first-order chi connectivity index (χ1) is 25.5. The summed E-state index contributed by atoms with van der Waals surface area (Å²) in [7, 11) is 0. The molecule has 5 atom stereocenters. The third kappa shape index (κ3) is 13.3. The van der Waals surface area contributed by atoms with Gasteiger partial charge in [0.2, 0.25) is 23.5 Å². The maximum absolute atomic E-state index is 14.1. The fourth-order valence-electron chi connectivity index (χ4n) is 6.30. The van der Waals surface area contributed by atoms with E-state index in [0.29, 0.717) is 54.4 Å². The number of nitrogens with one attached hydrogen (secondary N) is 4. The monoisotopic (exact) mass is 768 g/mol. The van der Waals surface area contributed by atoms with Gasteiger partial charge in [-0.2, -0.15) is 0 Å². The highest BCUT2D eigenvalue weighted by molar-refractivity contribution is 7.20. The minimum absolute atomic E-state index is 0.00303. The summed E-state index contributed by atoms with van der Waals surface area (Å²) in [6.07, 6.45) is 2.14. The van der Waals surface area contributed by atoms with Crippen LogP contribution in [0.15, 0.2) is 23.2 Å². The number of fused-ring (bicyclic) bond motifs is 1. The topological polar surface area (TPSA) is 245 Å². The summed E-state index contributed by atoms with van der Waals surface area (Å²) in [6.45, 7) is 11.2. The molecule has 15 nitrogen and oxygen atoms in total. The summed E-state index contributed by atoms with van der Waals surface area (Å²) in [5.74, 6) is -4.10. The molecule has 0 radical (unpaired) electrons. The molecule has 0 aliphatic carbocycles. The van der Waals surface area contributed by atoms with E-state index in [1.165, 1.54) is 6.92 Å². The Morgan fingerprint density at radius 2 is 1.76 bits per heavy atom. The van der Waals surface area contributed by atoms with Gasteiger partial charge in [-0.05, 0) is 69.1 Å². The lowest BCUT2D eigenvalue weighted by Gasteiger charge is -2.25. The average molecular weight is 769 g/mol. The lowest BCUT2D eigenvalue weighted by Crippen LogP contribution is -2.47. The number of nitrogens with two attached hydrogens (primary N) is 2. The summed E-state index contributed by atoms with van der Waals surface area (Å²) in [5, 5.41) is 11.4. The number of aromatic nitrogens is 1. The van der Waals surface area contributed by atoms with Gasteiger partial charge in [0.25, 0.3) is 5.91 Å². The normalized spacial score (nSPS) is 20.0. The summed E-state index contributed by atoms with van der Waals surface area (Å²) in [5.41, 5.74) is 11.8. The molecule has 2 aromatic rings. The molecule has 296 valence electrons. The molecule has 0 saturated carbocycles. The fourth-order valence-corrected chi connectivity index (χ4v) is 7.30. The van der Waals surface area contributed by atoms with Gasteiger partial charge in [0, 0.05) is 43.3 Å². The van der Waals surface area contributed by atoms with E-state index < -0.39 is 53.5 Å². The second-order valence-corrected chi connectivity index (χ2v) is 15.9. The van der Waals surface area contributed by atoms with E-state index in [9.17, 15) is 33.6 Å². The van der Waals surface area contributed by atoms with Crippen LogP contribution in [-0.2, 0) is 24.0 Å². The molecule has 1 aromatic heterocycles. The van der Waals surface area contributed by atoms with Gasteiger partial charge in [-0.15, -0.1) is 11.3 Å². The number of aliphatic imine (C=N–C) groups is 1. The van der Waals surface area contributed by atoms with Gasteiger partial charge in [0.1, 0.15) is 0 Å². The van der Waals surface area contributed by atoms with Crippen LogP contribution in [0.4, 0.5) is 0 Å². The van der Waals surface area contributed by atoms with E-state index in [0.717, 1.165) is 11.3 Å². The molecule has 1 aliphatic heterocycles. The van der Waals surface area contributed by atoms with Crippen molar-refractivity contribution in [3.63, 3.8) is 0 Å². The molecule has 2 heterocycles. The van der Waals surface area contributed by atoms with Crippen molar-refractivity contribution < 1.29 is 33.6 Å². The van der Waals surface area contributed by atoms with Gasteiger partial charge in [-0.3, -0.25) is 38.6 Å². The van der Waals surface area contributed by atoms with Crippen molar-refractivity contribution in [2.75, 3.05) is 13.1 Å². The van der Waals surface area contributed by atoms with Crippen LogP contribution >= 0.6 is 11.3 Å². The Bertz CT molecular complexity index is 1720. The smallest absolute Gasteiger partial charge is 0.251 e. The zero-order valence-corrected chi connectivity index (χ0v) is 33.0. The van der Waals surface area contributed by atoms with Crippen LogP contribution in [-0.4, -0.2) is 83.1 Å². The highest BCUT2D eigenvalue weighted by Gasteiger charge is 2.33. The van der Waals surface area contributed by atoms with Crippen LogP contribution in [0.1, 0.15) is 113 Å². The number of carbonyl (C=O) groups excluding carboxylic acids is 7. The minimum Gasteiger partial charge on any atom is -0.370 e. The van der Waals surface area contributed by atoms with Crippen LogP contribution in [0.2, 0.25) is 0 Å². The zero-order chi connectivity index (χ0) is 40.1. The predicted molar refractivity (Wildman–Crippen MR) is 208 cm³/mol. The van der Waals surface area contributed by atoms with E-state index in [1.807, 2.05) is 27.7 Å². The molecule has 1 fully saturated rings. The fraction of sp³-hybridized carbons (Fsp3) is 0.605. The van der Waals surface area contributed by atoms with E-state index in [2.05, 4.69) is 31.2 Å². The maximum atomic E-state index is 14.1. The Hall–Kier alpha value is -4.73. The molecule has 0 spiro atoms. The van der Waals surface area contributed by atoms with Crippen LogP contribution < -0.4 is 32.7 Å². The Morgan fingerprint density at radius 1 is 1.04 bits per heavy atom. The van der Waals surface area contributed by atoms with Gasteiger partial charge in [0.05, 0.1) is 28.3 Å². The molecule has 3 rings (SSSR count). The molecular weight excluding hydrogens is 713 g/mol. The number of Topliss-reactive ketones (excluding diaryl/α,β-unsaturated/α-hetero) is 3. The molecule has 0 unspecified atom stereocenters. The molecule has 54 heavy (non-hydrogen) atoms. The molecule has 0 bridgehead atoms. The summed E-state index contributed by atoms with van der Waals surface area (Å²) in [4.78, 5) is 101. The Kier molecular flexibility index (Phi) is 16.7. The number of rotatable bonds is 14. The Balaban J connectivity index is 1.89. The number of nitrogens with zero attached hydrogens (tertiary/aromatic N) is 2. The number of amides is 4. The van der Waals surface area contributed by atoms with E-state index in [-0.39, 0.29) is 66.1 Å². The number of carbonyl (C=O) groups is 7. The SMILES string of the molecule is CC(=O)[C@@H](NC(=O)c1ccc2nc(C(=O)[C@H](CCCN=C(N)N)NC(=O)[C@@H]3CCCCNC(=O)C[C@H](C)C(=O)N[C@@H](CC(C)C)C(=O)C3)sc2c1)C(C)C.